The van der Waals surface area contributed by atoms with E-state index < -0.39 is 0 Å². The molecule has 0 N–H and O–H groups in total. The summed E-state index contributed by atoms with van der Waals surface area (Å²) in [4.78, 5) is 0. The first-order valence-electron chi connectivity index (χ1n) is 5.14. The maximum Gasteiger partial charge on any atom is -0.0279 e. The molecule has 1 rings (SSSR count). The summed E-state index contributed by atoms with van der Waals surface area (Å²) in [5.41, 5.74) is 5.64. The molecule has 1 aliphatic rings. The maximum atomic E-state index is 3.95. The van der Waals surface area contributed by atoms with E-state index in [4.69, 9.17) is 0 Å². The number of allylic oxidation sites excluding steroid dienone is 5. The van der Waals surface area contributed by atoms with E-state index in [9.17, 15) is 0 Å². The molecule has 0 fully saturated rings. The summed E-state index contributed by atoms with van der Waals surface area (Å²) >= 11 is 0. The van der Waals surface area contributed by atoms with Crippen LogP contribution in [0.5, 0.6) is 0 Å². The highest BCUT2D eigenvalue weighted by Crippen LogP contribution is 2.26. The van der Waals surface area contributed by atoms with E-state index in [1.807, 2.05) is 0 Å². The number of hydrogen-bond donors (Lipinski definition) is 0. The van der Waals surface area contributed by atoms with E-state index in [-0.39, 0.29) is 0 Å². The molecular formula is C13H20. The second-order valence-electron chi connectivity index (χ2n) is 4.12. The van der Waals surface area contributed by atoms with E-state index in [0.29, 0.717) is 0 Å². The van der Waals surface area contributed by atoms with Gasteiger partial charge in [0.05, 0.1) is 0 Å². The third-order valence-corrected chi connectivity index (χ3v) is 2.86. The maximum absolute atomic E-state index is 3.95. The van der Waals surface area contributed by atoms with Gasteiger partial charge in [0.25, 0.3) is 0 Å². The van der Waals surface area contributed by atoms with Gasteiger partial charge in [0, 0.05) is 0 Å². The van der Waals surface area contributed by atoms with Gasteiger partial charge in [0.1, 0.15) is 0 Å². The van der Waals surface area contributed by atoms with Crippen molar-refractivity contribution in [2.24, 2.45) is 0 Å². The third kappa shape index (κ3) is 2.87. The largest absolute Gasteiger partial charge is 0.0958 e. The Bertz CT molecular complexity index is 264. The molecule has 0 bridgehead atoms. The van der Waals surface area contributed by atoms with Crippen LogP contribution < -0.4 is 0 Å². The minimum Gasteiger partial charge on any atom is -0.0958 e. The molecule has 0 saturated carbocycles. The number of hydrogen-bond acceptors (Lipinski definition) is 0. The first kappa shape index (κ1) is 10.3. The average molecular weight is 176 g/mol. The molecule has 0 aliphatic heterocycles. The second kappa shape index (κ2) is 4.45. The predicted octanol–water partition coefficient (Wildman–Crippen LogP) is 4.40. The van der Waals surface area contributed by atoms with Crippen molar-refractivity contribution in [3.63, 3.8) is 0 Å². The molecular weight excluding hydrogens is 156 g/mol. The molecule has 0 amide bonds. The standard InChI is InChI=1S/C13H20/c1-10(2)12(4)9-13-8-6-5-7-11(13)3/h9H,1,5-8H2,2-4H3/b12-9-. The highest BCUT2D eigenvalue weighted by atomic mass is 14.1. The van der Waals surface area contributed by atoms with Gasteiger partial charge in [-0.15, -0.1) is 0 Å². The summed E-state index contributed by atoms with van der Waals surface area (Å²) in [5, 5.41) is 0. The van der Waals surface area contributed by atoms with Crippen molar-refractivity contribution in [3.05, 3.63) is 34.9 Å². The Morgan fingerprint density at radius 1 is 1.23 bits per heavy atom. The molecule has 72 valence electrons. The molecule has 0 unspecified atom stereocenters. The molecule has 0 radical (unpaired) electrons. The molecule has 0 heterocycles. The fourth-order valence-electron chi connectivity index (χ4n) is 1.66. The minimum absolute atomic E-state index is 1.19. The molecule has 0 aromatic heterocycles. The van der Waals surface area contributed by atoms with Crippen LogP contribution in [0.15, 0.2) is 34.9 Å². The molecule has 0 atom stereocenters. The van der Waals surface area contributed by atoms with Gasteiger partial charge in [0.15, 0.2) is 0 Å². The molecule has 1 aliphatic carbocycles. The highest BCUT2D eigenvalue weighted by molar-refractivity contribution is 5.36. The van der Waals surface area contributed by atoms with Crippen LogP contribution in [0.1, 0.15) is 46.5 Å². The lowest BCUT2D eigenvalue weighted by Crippen LogP contribution is -1.95. The van der Waals surface area contributed by atoms with E-state index in [1.165, 1.54) is 36.8 Å². The van der Waals surface area contributed by atoms with Gasteiger partial charge in [-0.1, -0.05) is 23.8 Å². The second-order valence-corrected chi connectivity index (χ2v) is 4.12. The minimum atomic E-state index is 1.19. The van der Waals surface area contributed by atoms with Crippen molar-refractivity contribution in [1.82, 2.24) is 0 Å². The normalized spacial score (nSPS) is 19.2. The molecule has 0 nitrogen and oxygen atoms in total. The van der Waals surface area contributed by atoms with Gasteiger partial charge in [-0.25, -0.2) is 0 Å². The summed E-state index contributed by atoms with van der Waals surface area (Å²) in [6.07, 6.45) is 7.59. The topological polar surface area (TPSA) is 0 Å². The molecule has 0 heteroatoms. The summed E-state index contributed by atoms with van der Waals surface area (Å²) in [6, 6.07) is 0. The fourth-order valence-corrected chi connectivity index (χ4v) is 1.66. The summed E-state index contributed by atoms with van der Waals surface area (Å²) in [7, 11) is 0. The molecule has 0 saturated heterocycles. The Morgan fingerprint density at radius 2 is 1.85 bits per heavy atom. The lowest BCUT2D eigenvalue weighted by Gasteiger charge is -2.15. The van der Waals surface area contributed by atoms with E-state index in [1.54, 1.807) is 11.1 Å². The van der Waals surface area contributed by atoms with Crippen LogP contribution in [0.4, 0.5) is 0 Å². The SMILES string of the molecule is C=C(C)/C(C)=C\C1=C(C)CCCC1. The van der Waals surface area contributed by atoms with Gasteiger partial charge in [-0.2, -0.15) is 0 Å². The van der Waals surface area contributed by atoms with Crippen molar-refractivity contribution in [1.29, 1.82) is 0 Å². The lowest BCUT2D eigenvalue weighted by atomic mass is 9.91. The fraction of sp³-hybridized carbons (Fsp3) is 0.538. The van der Waals surface area contributed by atoms with Crippen molar-refractivity contribution >= 4 is 0 Å². The monoisotopic (exact) mass is 176 g/mol. The van der Waals surface area contributed by atoms with Gasteiger partial charge < -0.3 is 0 Å². The van der Waals surface area contributed by atoms with Gasteiger partial charge in [-0.3, -0.25) is 0 Å². The quantitative estimate of drug-likeness (QED) is 0.547. The summed E-state index contributed by atoms with van der Waals surface area (Å²) in [5.74, 6) is 0. The number of rotatable bonds is 2. The lowest BCUT2D eigenvalue weighted by molar-refractivity contribution is 0.682. The Hall–Kier alpha value is -0.780. The van der Waals surface area contributed by atoms with E-state index >= 15 is 0 Å². The third-order valence-electron chi connectivity index (χ3n) is 2.86. The molecule has 0 aromatic carbocycles. The highest BCUT2D eigenvalue weighted by Gasteiger charge is 2.06. The molecule has 0 spiro atoms. The van der Waals surface area contributed by atoms with Crippen molar-refractivity contribution in [2.45, 2.75) is 46.5 Å². The Kier molecular flexibility index (Phi) is 3.53. The van der Waals surface area contributed by atoms with Crippen LogP contribution in [0.2, 0.25) is 0 Å². The smallest absolute Gasteiger partial charge is 0.0279 e. The van der Waals surface area contributed by atoms with Gasteiger partial charge in [0.2, 0.25) is 0 Å². The average Bonchev–Trinajstić information content (AvgIpc) is 2.08. The van der Waals surface area contributed by atoms with Crippen molar-refractivity contribution in [2.75, 3.05) is 0 Å². The summed E-state index contributed by atoms with van der Waals surface area (Å²) < 4.78 is 0. The van der Waals surface area contributed by atoms with Crippen molar-refractivity contribution < 1.29 is 0 Å². The van der Waals surface area contributed by atoms with E-state index in [0.717, 1.165) is 0 Å². The first-order valence-corrected chi connectivity index (χ1v) is 5.14. The zero-order valence-corrected chi connectivity index (χ0v) is 9.11. The van der Waals surface area contributed by atoms with Crippen LogP contribution in [0, 0.1) is 0 Å². The summed E-state index contributed by atoms with van der Waals surface area (Å²) in [6.45, 7) is 10.4. The van der Waals surface area contributed by atoms with Crippen LogP contribution in [-0.4, -0.2) is 0 Å². The van der Waals surface area contributed by atoms with Crippen LogP contribution in [-0.2, 0) is 0 Å². The zero-order valence-electron chi connectivity index (χ0n) is 9.11. The molecule has 13 heavy (non-hydrogen) atoms. The van der Waals surface area contributed by atoms with Crippen LogP contribution in [0.3, 0.4) is 0 Å². The van der Waals surface area contributed by atoms with Gasteiger partial charge in [-0.05, 0) is 57.6 Å². The predicted molar refractivity (Wildman–Crippen MR) is 59.7 cm³/mol. The first-order chi connectivity index (χ1) is 6.11. The van der Waals surface area contributed by atoms with Gasteiger partial charge >= 0.3 is 0 Å². The van der Waals surface area contributed by atoms with Crippen molar-refractivity contribution in [3.8, 4) is 0 Å². The Balaban J connectivity index is 2.82. The van der Waals surface area contributed by atoms with Crippen LogP contribution in [0.25, 0.3) is 0 Å². The van der Waals surface area contributed by atoms with Crippen LogP contribution >= 0.6 is 0 Å². The zero-order chi connectivity index (χ0) is 9.84. The van der Waals surface area contributed by atoms with E-state index in [2.05, 4.69) is 33.4 Å². The Morgan fingerprint density at radius 3 is 2.38 bits per heavy atom. The Labute approximate surface area is 82.0 Å². The molecule has 0 aromatic rings.